The van der Waals surface area contributed by atoms with Gasteiger partial charge in [-0.1, -0.05) is 6.92 Å². The molecule has 0 aromatic carbocycles. The Kier molecular flexibility index (Phi) is 11.9. The van der Waals surface area contributed by atoms with Crippen LogP contribution in [-0.4, -0.2) is 47.0 Å². The highest BCUT2D eigenvalue weighted by Gasteiger charge is 2.10. The van der Waals surface area contributed by atoms with Gasteiger partial charge in [0.25, 0.3) is 0 Å². The highest BCUT2D eigenvalue weighted by Crippen LogP contribution is 1.91. The summed E-state index contributed by atoms with van der Waals surface area (Å²) in [5.74, 6) is 0.125. The molecule has 0 aromatic heterocycles. The van der Waals surface area contributed by atoms with Crippen LogP contribution >= 0.6 is 12.4 Å². The molecule has 1 atom stereocenters. The van der Waals surface area contributed by atoms with Gasteiger partial charge in [0.05, 0.1) is 5.75 Å². The first-order valence-electron chi connectivity index (χ1n) is 5.21. The van der Waals surface area contributed by atoms with E-state index in [0.717, 1.165) is 6.54 Å². The Hall–Kier alpha value is 0.120. The fourth-order valence-electron chi connectivity index (χ4n) is 1.14. The molecule has 16 heavy (non-hydrogen) atoms. The highest BCUT2D eigenvalue weighted by atomic mass is 35.5. The van der Waals surface area contributed by atoms with Gasteiger partial charge in [0.2, 0.25) is 10.0 Å². The van der Waals surface area contributed by atoms with Crippen molar-refractivity contribution in [2.45, 2.75) is 26.3 Å². The molecule has 0 spiro atoms. The summed E-state index contributed by atoms with van der Waals surface area (Å²) in [6.45, 7) is 5.68. The summed E-state index contributed by atoms with van der Waals surface area (Å²) < 4.78 is 30.2. The van der Waals surface area contributed by atoms with Crippen molar-refractivity contribution < 1.29 is 13.2 Å². The number of rotatable bonds is 9. The molecular weight excluding hydrogens is 252 g/mol. The summed E-state index contributed by atoms with van der Waals surface area (Å²) in [5.41, 5.74) is 0. The number of likely N-dealkylation sites (N-methyl/N-ethyl adjacent to an activating group) is 1. The zero-order valence-corrected chi connectivity index (χ0v) is 11.8. The normalized spacial score (nSPS) is 13.2. The topological polar surface area (TPSA) is 67.4 Å². The molecule has 0 radical (unpaired) electrons. The minimum Gasteiger partial charge on any atom is -0.385 e. The lowest BCUT2D eigenvalue weighted by molar-refractivity contribution is 0.199. The van der Waals surface area contributed by atoms with E-state index in [1.807, 2.05) is 13.8 Å². The summed E-state index contributed by atoms with van der Waals surface area (Å²) in [5, 5.41) is 3.13. The first-order chi connectivity index (χ1) is 7.02. The van der Waals surface area contributed by atoms with Crippen molar-refractivity contribution in [2.75, 3.05) is 32.6 Å². The molecule has 0 aliphatic heterocycles. The fraction of sp³-hybridized carbons (Fsp3) is 1.00. The van der Waals surface area contributed by atoms with Gasteiger partial charge in [0.15, 0.2) is 0 Å². The van der Waals surface area contributed by atoms with Gasteiger partial charge >= 0.3 is 0 Å². The van der Waals surface area contributed by atoms with E-state index in [1.165, 1.54) is 0 Å². The second kappa shape index (κ2) is 10.3. The fourth-order valence-corrected chi connectivity index (χ4v) is 2.28. The second-order valence-corrected chi connectivity index (χ2v) is 5.40. The molecule has 0 saturated heterocycles. The molecule has 0 aromatic rings. The average Bonchev–Trinajstić information content (AvgIpc) is 2.16. The van der Waals surface area contributed by atoms with Crippen LogP contribution in [0.4, 0.5) is 0 Å². The quantitative estimate of drug-likeness (QED) is 0.596. The van der Waals surface area contributed by atoms with E-state index < -0.39 is 10.0 Å². The number of ether oxygens (including phenoxy) is 1. The summed E-state index contributed by atoms with van der Waals surface area (Å²) in [7, 11) is -1.57. The van der Waals surface area contributed by atoms with Crippen LogP contribution in [0, 0.1) is 0 Å². The highest BCUT2D eigenvalue weighted by molar-refractivity contribution is 7.89. The smallest absolute Gasteiger partial charge is 0.211 e. The van der Waals surface area contributed by atoms with E-state index in [2.05, 4.69) is 10.0 Å². The molecule has 100 valence electrons. The molecule has 0 amide bonds. The third kappa shape index (κ3) is 10.6. The average molecular weight is 275 g/mol. The monoisotopic (exact) mass is 274 g/mol. The Bertz CT molecular complexity index is 247. The lowest BCUT2D eigenvalue weighted by Gasteiger charge is -2.13. The third-order valence-corrected chi connectivity index (χ3v) is 3.36. The van der Waals surface area contributed by atoms with Crippen LogP contribution in [0.25, 0.3) is 0 Å². The van der Waals surface area contributed by atoms with Crippen LogP contribution in [0.15, 0.2) is 0 Å². The number of hydrogen-bond donors (Lipinski definition) is 2. The zero-order valence-electron chi connectivity index (χ0n) is 10.2. The summed E-state index contributed by atoms with van der Waals surface area (Å²) in [6, 6.07) is 0.159. The van der Waals surface area contributed by atoms with Gasteiger partial charge in [0.1, 0.15) is 0 Å². The van der Waals surface area contributed by atoms with Gasteiger partial charge in [-0.25, -0.2) is 13.1 Å². The molecule has 0 rings (SSSR count). The maximum Gasteiger partial charge on any atom is 0.211 e. The van der Waals surface area contributed by atoms with Crippen molar-refractivity contribution in [3.63, 3.8) is 0 Å². The van der Waals surface area contributed by atoms with E-state index in [1.54, 1.807) is 7.11 Å². The third-order valence-electron chi connectivity index (χ3n) is 1.92. The maximum absolute atomic E-state index is 11.4. The van der Waals surface area contributed by atoms with Gasteiger partial charge in [-0.3, -0.25) is 0 Å². The number of hydrogen-bond acceptors (Lipinski definition) is 4. The molecule has 2 N–H and O–H groups in total. The summed E-state index contributed by atoms with van der Waals surface area (Å²) >= 11 is 0. The van der Waals surface area contributed by atoms with E-state index in [-0.39, 0.29) is 24.2 Å². The van der Waals surface area contributed by atoms with Gasteiger partial charge in [0, 0.05) is 26.3 Å². The summed E-state index contributed by atoms with van der Waals surface area (Å²) in [6.07, 6.45) is 0.529. The van der Waals surface area contributed by atoms with Crippen molar-refractivity contribution in [3.05, 3.63) is 0 Å². The number of halogens is 1. The van der Waals surface area contributed by atoms with Crippen LogP contribution in [0.1, 0.15) is 20.3 Å². The van der Waals surface area contributed by atoms with Crippen molar-refractivity contribution in [3.8, 4) is 0 Å². The largest absolute Gasteiger partial charge is 0.385 e. The van der Waals surface area contributed by atoms with Crippen LogP contribution in [0.3, 0.4) is 0 Å². The standard InChI is InChI=1S/C9H22N2O3S.ClH/c1-4-10-9(2)8-11-15(12,13)7-5-6-14-3;/h9-11H,4-8H2,1-3H3;1H/t9-;/m1./s1. The van der Waals surface area contributed by atoms with E-state index in [4.69, 9.17) is 4.74 Å². The van der Waals surface area contributed by atoms with Crippen molar-refractivity contribution in [1.82, 2.24) is 10.0 Å². The molecule has 0 aliphatic carbocycles. The Morgan fingerprint density at radius 2 is 2.00 bits per heavy atom. The number of methoxy groups -OCH3 is 1. The molecule has 0 heterocycles. The van der Waals surface area contributed by atoms with Crippen molar-refractivity contribution >= 4 is 22.4 Å². The van der Waals surface area contributed by atoms with Crippen molar-refractivity contribution in [1.29, 1.82) is 0 Å². The molecule has 0 unspecified atom stereocenters. The second-order valence-electron chi connectivity index (χ2n) is 3.47. The Morgan fingerprint density at radius 3 is 2.50 bits per heavy atom. The minimum atomic E-state index is -3.14. The number of nitrogens with one attached hydrogen (secondary N) is 2. The molecule has 5 nitrogen and oxygen atoms in total. The molecular formula is C9H23ClN2O3S. The van der Waals surface area contributed by atoms with Crippen LogP contribution < -0.4 is 10.0 Å². The molecule has 0 fully saturated rings. The maximum atomic E-state index is 11.4. The Labute approximate surface area is 105 Å². The van der Waals surface area contributed by atoms with E-state index >= 15 is 0 Å². The first kappa shape index (κ1) is 18.5. The van der Waals surface area contributed by atoms with Crippen LogP contribution in [-0.2, 0) is 14.8 Å². The predicted octanol–water partition coefficient (Wildman–Crippen LogP) is 0.362. The predicted molar refractivity (Wildman–Crippen MR) is 68.7 cm³/mol. The van der Waals surface area contributed by atoms with E-state index in [0.29, 0.717) is 19.6 Å². The molecule has 0 bridgehead atoms. The Morgan fingerprint density at radius 1 is 1.38 bits per heavy atom. The van der Waals surface area contributed by atoms with Crippen molar-refractivity contribution in [2.24, 2.45) is 0 Å². The minimum absolute atomic E-state index is 0. The molecule has 0 saturated carbocycles. The van der Waals surface area contributed by atoms with Gasteiger partial charge in [-0.05, 0) is 19.9 Å². The lowest BCUT2D eigenvalue weighted by Crippen LogP contribution is -2.39. The zero-order chi connectivity index (χ0) is 11.7. The van der Waals surface area contributed by atoms with Crippen LogP contribution in [0.2, 0.25) is 0 Å². The lowest BCUT2D eigenvalue weighted by atomic mass is 10.3. The van der Waals surface area contributed by atoms with Gasteiger partial charge < -0.3 is 10.1 Å². The molecule has 7 heteroatoms. The van der Waals surface area contributed by atoms with Gasteiger partial charge in [-0.2, -0.15) is 0 Å². The SMILES string of the molecule is CCN[C@H](C)CNS(=O)(=O)CCCOC.Cl. The molecule has 0 aliphatic rings. The Balaban J connectivity index is 0. The number of sulfonamides is 1. The van der Waals surface area contributed by atoms with Gasteiger partial charge in [-0.15, -0.1) is 12.4 Å². The van der Waals surface area contributed by atoms with Crippen LogP contribution in [0.5, 0.6) is 0 Å². The summed E-state index contributed by atoms with van der Waals surface area (Å²) in [4.78, 5) is 0. The van der Waals surface area contributed by atoms with E-state index in [9.17, 15) is 8.42 Å². The first-order valence-corrected chi connectivity index (χ1v) is 6.86.